The van der Waals surface area contributed by atoms with Crippen molar-refractivity contribution in [3.05, 3.63) is 0 Å². The van der Waals surface area contributed by atoms with Crippen molar-refractivity contribution in [2.75, 3.05) is 0 Å². The molecule has 0 heterocycles. The zero-order valence-corrected chi connectivity index (χ0v) is 9.75. The molecule has 0 aliphatic heterocycles. The molecule has 0 saturated carbocycles. The zero-order chi connectivity index (χ0) is 12.3. The summed E-state index contributed by atoms with van der Waals surface area (Å²) in [5.74, 6) is -2.21. The second kappa shape index (κ2) is 4.64. The lowest BCUT2D eigenvalue weighted by molar-refractivity contribution is -0.318. The van der Waals surface area contributed by atoms with Gasteiger partial charge in [-0.05, 0) is 12.8 Å². The first kappa shape index (κ1) is 13.9. The van der Waals surface area contributed by atoms with Gasteiger partial charge in [0.15, 0.2) is 0 Å². The van der Waals surface area contributed by atoms with Crippen LogP contribution in [0.5, 0.6) is 0 Å². The Balaban J connectivity index is 4.11. The summed E-state index contributed by atoms with van der Waals surface area (Å²) >= 11 is 0. The Labute approximate surface area is 90.3 Å². The van der Waals surface area contributed by atoms with Crippen LogP contribution in [-0.4, -0.2) is 11.9 Å². The van der Waals surface area contributed by atoms with Crippen molar-refractivity contribution < 1.29 is 19.8 Å². The summed E-state index contributed by atoms with van der Waals surface area (Å²) < 4.78 is 0. The van der Waals surface area contributed by atoms with Gasteiger partial charge in [-0.3, -0.25) is 0 Å². The number of carboxylic acids is 2. The van der Waals surface area contributed by atoms with Gasteiger partial charge in [0.2, 0.25) is 0 Å². The lowest BCUT2D eigenvalue weighted by Gasteiger charge is -2.29. The quantitative estimate of drug-likeness (QED) is 0.608. The number of carbonyl (C=O) groups is 2. The average Bonchev–Trinajstić information content (AvgIpc) is 2.02. The predicted molar refractivity (Wildman–Crippen MR) is 51.4 cm³/mol. The molecule has 0 aromatic heterocycles. The molecule has 0 N–H and O–H groups in total. The Hall–Kier alpha value is -1.06. The molecule has 4 nitrogen and oxygen atoms in total. The maximum Gasteiger partial charge on any atom is 0.0470 e. The highest BCUT2D eigenvalue weighted by molar-refractivity contribution is 5.72. The van der Waals surface area contributed by atoms with Crippen molar-refractivity contribution in [2.24, 2.45) is 10.8 Å². The second-order valence-corrected chi connectivity index (χ2v) is 5.20. The van der Waals surface area contributed by atoms with Crippen LogP contribution in [0.1, 0.15) is 47.0 Å². The van der Waals surface area contributed by atoms with Crippen molar-refractivity contribution >= 4 is 11.9 Å². The molecule has 4 heteroatoms. The third kappa shape index (κ3) is 4.32. The van der Waals surface area contributed by atoms with Crippen LogP contribution in [0.15, 0.2) is 0 Å². The van der Waals surface area contributed by atoms with Crippen LogP contribution in [0.2, 0.25) is 0 Å². The maximum atomic E-state index is 10.7. The van der Waals surface area contributed by atoms with E-state index in [9.17, 15) is 19.8 Å². The zero-order valence-electron chi connectivity index (χ0n) is 9.75. The van der Waals surface area contributed by atoms with Crippen molar-refractivity contribution in [1.82, 2.24) is 0 Å². The minimum absolute atomic E-state index is 0.409. The number of hydrogen-bond donors (Lipinski definition) is 0. The molecule has 0 atom stereocenters. The summed E-state index contributed by atoms with van der Waals surface area (Å²) in [4.78, 5) is 21.3. The highest BCUT2D eigenvalue weighted by atomic mass is 16.4. The molecule has 0 aromatic carbocycles. The molecular formula is C11H18O4-2. The predicted octanol–water partition coefficient (Wildman–Crippen LogP) is -0.291. The van der Waals surface area contributed by atoms with E-state index in [1.165, 1.54) is 0 Å². The van der Waals surface area contributed by atoms with Crippen LogP contribution in [0.25, 0.3) is 0 Å². The molecule has 88 valence electrons. The number of carbonyl (C=O) groups excluding carboxylic acids is 2. The SMILES string of the molecule is CC(C)(CCCC(C)(C)C(=O)[O-])C(=O)[O-]. The molecule has 0 radical (unpaired) electrons. The molecule has 0 aromatic rings. The van der Waals surface area contributed by atoms with Gasteiger partial charge in [0.05, 0.1) is 0 Å². The highest BCUT2D eigenvalue weighted by Crippen LogP contribution is 2.28. The van der Waals surface area contributed by atoms with Gasteiger partial charge in [0.1, 0.15) is 0 Å². The number of rotatable bonds is 6. The number of aliphatic carboxylic acids is 2. The number of hydrogen-bond acceptors (Lipinski definition) is 4. The van der Waals surface area contributed by atoms with E-state index in [4.69, 9.17) is 0 Å². The summed E-state index contributed by atoms with van der Waals surface area (Å²) in [6.07, 6.45) is 1.35. The van der Waals surface area contributed by atoms with Crippen molar-refractivity contribution in [1.29, 1.82) is 0 Å². The largest absolute Gasteiger partial charge is 0.550 e. The molecule has 0 aliphatic rings. The van der Waals surface area contributed by atoms with Gasteiger partial charge in [0, 0.05) is 22.8 Å². The minimum Gasteiger partial charge on any atom is -0.550 e. The van der Waals surface area contributed by atoms with Crippen LogP contribution >= 0.6 is 0 Å². The smallest absolute Gasteiger partial charge is 0.0470 e. The standard InChI is InChI=1S/C11H20O4/c1-10(2,8(12)13)6-5-7-11(3,4)9(14)15/h5-7H2,1-4H3,(H,12,13)(H,14,15)/p-2. The summed E-state index contributed by atoms with van der Waals surface area (Å²) in [5.41, 5.74) is -1.80. The van der Waals surface area contributed by atoms with E-state index in [0.29, 0.717) is 19.3 Å². The topological polar surface area (TPSA) is 80.3 Å². The fourth-order valence-corrected chi connectivity index (χ4v) is 1.18. The van der Waals surface area contributed by atoms with Gasteiger partial charge in [-0.25, -0.2) is 0 Å². The van der Waals surface area contributed by atoms with E-state index in [-0.39, 0.29) is 0 Å². The van der Waals surface area contributed by atoms with Gasteiger partial charge in [-0.2, -0.15) is 0 Å². The van der Waals surface area contributed by atoms with Crippen LogP contribution in [-0.2, 0) is 9.59 Å². The lowest BCUT2D eigenvalue weighted by atomic mass is 9.81. The fourth-order valence-electron chi connectivity index (χ4n) is 1.18. The summed E-state index contributed by atoms with van der Waals surface area (Å²) in [7, 11) is 0. The van der Waals surface area contributed by atoms with E-state index in [1.807, 2.05) is 0 Å². The normalized spacial score (nSPS) is 12.5. The van der Waals surface area contributed by atoms with E-state index in [2.05, 4.69) is 0 Å². The fraction of sp³-hybridized carbons (Fsp3) is 0.818. The third-order valence-corrected chi connectivity index (χ3v) is 2.71. The molecular weight excluding hydrogens is 196 g/mol. The molecule has 0 unspecified atom stereocenters. The first-order chi connectivity index (χ1) is 6.59. The van der Waals surface area contributed by atoms with Crippen molar-refractivity contribution in [2.45, 2.75) is 47.0 Å². The van der Waals surface area contributed by atoms with E-state index < -0.39 is 22.8 Å². The first-order valence-corrected chi connectivity index (χ1v) is 5.02. The summed E-state index contributed by atoms with van der Waals surface area (Å²) in [5, 5.41) is 21.3. The van der Waals surface area contributed by atoms with Crippen LogP contribution in [0.3, 0.4) is 0 Å². The van der Waals surface area contributed by atoms with Gasteiger partial charge in [-0.1, -0.05) is 34.1 Å². The second-order valence-electron chi connectivity index (χ2n) is 5.20. The van der Waals surface area contributed by atoms with E-state index >= 15 is 0 Å². The van der Waals surface area contributed by atoms with Crippen molar-refractivity contribution in [3.8, 4) is 0 Å². The molecule has 0 rings (SSSR count). The molecule has 0 spiro atoms. The van der Waals surface area contributed by atoms with Gasteiger partial charge in [0.25, 0.3) is 0 Å². The Bertz CT molecular complexity index is 227. The van der Waals surface area contributed by atoms with Crippen molar-refractivity contribution in [3.63, 3.8) is 0 Å². The molecule has 0 bridgehead atoms. The van der Waals surface area contributed by atoms with E-state index in [1.54, 1.807) is 27.7 Å². The Morgan fingerprint density at radius 1 is 0.867 bits per heavy atom. The van der Waals surface area contributed by atoms with Gasteiger partial charge in [-0.15, -0.1) is 0 Å². The Morgan fingerprint density at radius 3 is 1.33 bits per heavy atom. The average molecular weight is 214 g/mol. The monoisotopic (exact) mass is 214 g/mol. The Morgan fingerprint density at radius 2 is 1.13 bits per heavy atom. The van der Waals surface area contributed by atoms with Crippen LogP contribution in [0.4, 0.5) is 0 Å². The lowest BCUT2D eigenvalue weighted by Crippen LogP contribution is -2.40. The Kier molecular flexibility index (Phi) is 4.31. The summed E-state index contributed by atoms with van der Waals surface area (Å²) in [6.45, 7) is 6.31. The first-order valence-electron chi connectivity index (χ1n) is 5.02. The van der Waals surface area contributed by atoms with Crippen LogP contribution in [0, 0.1) is 10.8 Å². The molecule has 0 fully saturated rings. The van der Waals surface area contributed by atoms with Gasteiger partial charge < -0.3 is 19.8 Å². The molecule has 0 aliphatic carbocycles. The number of carboxylic acid groups (broad SMARTS) is 2. The summed E-state index contributed by atoms with van der Waals surface area (Å²) in [6, 6.07) is 0. The van der Waals surface area contributed by atoms with E-state index in [0.717, 1.165) is 0 Å². The van der Waals surface area contributed by atoms with Crippen LogP contribution < -0.4 is 10.2 Å². The molecule has 0 saturated heterocycles. The maximum absolute atomic E-state index is 10.7. The van der Waals surface area contributed by atoms with Gasteiger partial charge >= 0.3 is 0 Å². The molecule has 15 heavy (non-hydrogen) atoms. The molecule has 0 amide bonds. The highest BCUT2D eigenvalue weighted by Gasteiger charge is 2.23. The minimum atomic E-state index is -1.10. The third-order valence-electron chi connectivity index (χ3n) is 2.71.